The van der Waals surface area contributed by atoms with Crippen molar-refractivity contribution in [1.82, 2.24) is 14.5 Å². The van der Waals surface area contributed by atoms with Crippen LogP contribution < -0.4 is 15.6 Å². The van der Waals surface area contributed by atoms with Crippen molar-refractivity contribution < 1.29 is 14.3 Å². The van der Waals surface area contributed by atoms with E-state index < -0.39 is 0 Å². The number of nitrogens with zero attached hydrogens (tertiary/aromatic N) is 2. The van der Waals surface area contributed by atoms with Crippen LogP contribution in [0.25, 0.3) is 21.8 Å². The monoisotopic (exact) mass is 527 g/mol. The number of aromatic nitrogens is 2. The fraction of sp³-hybridized carbons (Fsp3) is 0.406. The van der Waals surface area contributed by atoms with E-state index in [0.717, 1.165) is 24.6 Å². The Hall–Kier alpha value is -3.87. The van der Waals surface area contributed by atoms with Crippen molar-refractivity contribution in [2.24, 2.45) is 17.9 Å². The Labute approximate surface area is 228 Å². The molecule has 1 aliphatic rings. The molecule has 1 saturated carbocycles. The third-order valence-electron chi connectivity index (χ3n) is 7.97. The van der Waals surface area contributed by atoms with Gasteiger partial charge < -0.3 is 14.6 Å². The van der Waals surface area contributed by atoms with E-state index in [1.807, 2.05) is 30.3 Å². The lowest BCUT2D eigenvalue weighted by molar-refractivity contribution is 0.0706. The van der Waals surface area contributed by atoms with Gasteiger partial charge in [0.25, 0.3) is 11.5 Å². The predicted molar refractivity (Wildman–Crippen MR) is 155 cm³/mol. The van der Waals surface area contributed by atoms with E-state index in [1.54, 1.807) is 35.9 Å². The van der Waals surface area contributed by atoms with Gasteiger partial charge in [0.1, 0.15) is 5.39 Å². The Balaban J connectivity index is 1.64. The number of rotatable bonds is 6. The number of aryl methyl sites for hydroxylation is 1. The van der Waals surface area contributed by atoms with Gasteiger partial charge in [-0.1, -0.05) is 76.2 Å². The maximum atomic E-state index is 14.0. The molecule has 0 saturated heterocycles. The summed E-state index contributed by atoms with van der Waals surface area (Å²) in [6, 6.07) is 16.4. The van der Waals surface area contributed by atoms with E-state index in [2.05, 4.69) is 33.0 Å². The zero-order valence-corrected chi connectivity index (χ0v) is 23.6. The molecule has 39 heavy (non-hydrogen) atoms. The number of carbonyl (C=O) groups excluding carboxylic acids is 2. The van der Waals surface area contributed by atoms with Crippen molar-refractivity contribution >= 4 is 33.5 Å². The van der Waals surface area contributed by atoms with Crippen LogP contribution in [0.2, 0.25) is 0 Å². The van der Waals surface area contributed by atoms with Crippen molar-refractivity contribution in [2.75, 3.05) is 7.11 Å². The molecule has 7 heteroatoms. The minimum Gasteiger partial charge on any atom is -0.493 e. The topological polar surface area (TPSA) is 82.3 Å². The number of ether oxygens (including phenoxy) is 1. The average molecular weight is 528 g/mol. The second-order valence-electron chi connectivity index (χ2n) is 12.4. The number of fused-ring (bicyclic) bond motifs is 3. The molecule has 1 fully saturated rings. The van der Waals surface area contributed by atoms with Crippen LogP contribution in [0.3, 0.4) is 0 Å². The predicted octanol–water partition coefficient (Wildman–Crippen LogP) is 5.72. The van der Waals surface area contributed by atoms with Gasteiger partial charge >= 0.3 is 0 Å². The number of nitrogens with one attached hydrogen (secondary N) is 1. The van der Waals surface area contributed by atoms with Crippen molar-refractivity contribution in [3.05, 3.63) is 76.2 Å². The molecule has 2 aromatic heterocycles. The average Bonchev–Trinajstić information content (AvgIpc) is 3.17. The zero-order chi connectivity index (χ0) is 28.1. The van der Waals surface area contributed by atoms with Gasteiger partial charge in [0.15, 0.2) is 17.2 Å². The fourth-order valence-corrected chi connectivity index (χ4v) is 7.00. The highest BCUT2D eigenvalue weighted by molar-refractivity contribution is 6.12. The molecular weight excluding hydrogens is 490 g/mol. The van der Waals surface area contributed by atoms with E-state index in [1.165, 1.54) is 11.7 Å². The molecule has 0 spiro atoms. The summed E-state index contributed by atoms with van der Waals surface area (Å²) >= 11 is 0. The number of amides is 1. The van der Waals surface area contributed by atoms with Gasteiger partial charge in [0.2, 0.25) is 0 Å². The number of ketones is 1. The van der Waals surface area contributed by atoms with Crippen molar-refractivity contribution in [3.63, 3.8) is 0 Å². The Kier molecular flexibility index (Phi) is 6.65. The first kappa shape index (κ1) is 26.7. The van der Waals surface area contributed by atoms with Gasteiger partial charge in [-0.25, -0.2) is 0 Å². The molecule has 204 valence electrons. The van der Waals surface area contributed by atoms with Crippen molar-refractivity contribution in [2.45, 2.75) is 59.5 Å². The van der Waals surface area contributed by atoms with E-state index in [4.69, 9.17) is 4.74 Å². The maximum absolute atomic E-state index is 14.0. The van der Waals surface area contributed by atoms with Gasteiger partial charge in [-0.05, 0) is 36.2 Å². The third-order valence-corrected chi connectivity index (χ3v) is 7.97. The summed E-state index contributed by atoms with van der Waals surface area (Å²) in [7, 11) is 3.27. The van der Waals surface area contributed by atoms with Crippen LogP contribution in [-0.2, 0) is 13.6 Å². The van der Waals surface area contributed by atoms with Crippen LogP contribution in [0.5, 0.6) is 5.75 Å². The van der Waals surface area contributed by atoms with Gasteiger partial charge in [-0.15, -0.1) is 0 Å². The summed E-state index contributed by atoms with van der Waals surface area (Å²) in [5.74, 6) is -0.201. The molecule has 2 aromatic carbocycles. The standard InChI is InChI=1S/C32H37N3O4/c1-31(2)16-21(17-32(3,4)19-31)33-29(37)27-28(39-6)25-26(34(27)5)22-14-10-11-15-23(22)35(30(25)38)18-24(36)20-12-8-7-9-13-20/h7-15,21H,16-19H2,1-6H3,(H,33,37). The van der Waals surface area contributed by atoms with Gasteiger partial charge in [0.05, 0.1) is 24.7 Å². The number of pyridine rings is 1. The molecule has 1 aliphatic carbocycles. The molecule has 1 N–H and O–H groups in total. The zero-order valence-electron chi connectivity index (χ0n) is 23.6. The quantitative estimate of drug-likeness (QED) is 0.325. The lowest BCUT2D eigenvalue weighted by Crippen LogP contribution is -2.46. The number of Topliss-reactive ketones (excluding diaryl/α,β-unsaturated/α-hetero) is 1. The molecule has 2 heterocycles. The summed E-state index contributed by atoms with van der Waals surface area (Å²) in [6.45, 7) is 8.86. The molecule has 0 atom stereocenters. The minimum absolute atomic E-state index is 0.0101. The molecule has 1 amide bonds. The molecular formula is C32H37N3O4. The number of para-hydroxylation sites is 1. The van der Waals surface area contributed by atoms with E-state index >= 15 is 0 Å². The van der Waals surface area contributed by atoms with Crippen molar-refractivity contribution in [1.29, 1.82) is 0 Å². The Morgan fingerprint density at radius 3 is 2.23 bits per heavy atom. The molecule has 0 bridgehead atoms. The van der Waals surface area contributed by atoms with E-state index in [-0.39, 0.29) is 46.4 Å². The van der Waals surface area contributed by atoms with Crippen LogP contribution in [0.15, 0.2) is 59.4 Å². The second-order valence-corrected chi connectivity index (χ2v) is 12.4. The molecule has 0 unspecified atom stereocenters. The molecule has 0 radical (unpaired) electrons. The Morgan fingerprint density at radius 2 is 1.59 bits per heavy atom. The number of carbonyl (C=O) groups is 2. The molecule has 7 nitrogen and oxygen atoms in total. The summed E-state index contributed by atoms with van der Waals surface area (Å²) in [5.41, 5.74) is 1.95. The maximum Gasteiger partial charge on any atom is 0.272 e. The van der Waals surface area contributed by atoms with Crippen LogP contribution >= 0.6 is 0 Å². The first-order chi connectivity index (χ1) is 18.4. The summed E-state index contributed by atoms with van der Waals surface area (Å²) < 4.78 is 9.02. The van der Waals surface area contributed by atoms with Crippen molar-refractivity contribution in [3.8, 4) is 5.75 Å². The summed E-state index contributed by atoms with van der Waals surface area (Å²) in [6.07, 6.45) is 2.86. The first-order valence-electron chi connectivity index (χ1n) is 13.5. The van der Waals surface area contributed by atoms with Gasteiger partial charge in [0, 0.05) is 24.0 Å². The number of methoxy groups -OCH3 is 1. The lowest BCUT2D eigenvalue weighted by atomic mass is 9.63. The van der Waals surface area contributed by atoms with Gasteiger partial charge in [-0.3, -0.25) is 19.0 Å². The molecule has 0 aliphatic heterocycles. The van der Waals surface area contributed by atoms with Crippen LogP contribution in [-0.4, -0.2) is 34.0 Å². The number of hydrogen-bond donors (Lipinski definition) is 1. The molecule has 5 rings (SSSR count). The van der Waals surface area contributed by atoms with Crippen LogP contribution in [0.4, 0.5) is 0 Å². The second kappa shape index (κ2) is 9.70. The third kappa shape index (κ3) is 4.86. The highest BCUT2D eigenvalue weighted by Crippen LogP contribution is 2.46. The lowest BCUT2D eigenvalue weighted by Gasteiger charge is -2.45. The van der Waals surface area contributed by atoms with E-state index in [9.17, 15) is 14.4 Å². The largest absolute Gasteiger partial charge is 0.493 e. The minimum atomic E-state index is -0.362. The Bertz CT molecular complexity index is 1630. The number of benzene rings is 2. The van der Waals surface area contributed by atoms with Crippen LogP contribution in [0.1, 0.15) is 67.8 Å². The fourth-order valence-electron chi connectivity index (χ4n) is 7.00. The van der Waals surface area contributed by atoms with Gasteiger partial charge in [-0.2, -0.15) is 0 Å². The highest BCUT2D eigenvalue weighted by atomic mass is 16.5. The normalized spacial score (nSPS) is 16.9. The Morgan fingerprint density at radius 1 is 0.974 bits per heavy atom. The smallest absolute Gasteiger partial charge is 0.272 e. The summed E-state index contributed by atoms with van der Waals surface area (Å²) in [4.78, 5) is 41.0. The van der Waals surface area contributed by atoms with Crippen LogP contribution in [0, 0.1) is 10.8 Å². The number of hydrogen-bond acceptors (Lipinski definition) is 4. The highest BCUT2D eigenvalue weighted by Gasteiger charge is 2.39. The first-order valence-corrected chi connectivity index (χ1v) is 13.5. The van der Waals surface area contributed by atoms with E-state index in [0.29, 0.717) is 27.7 Å². The summed E-state index contributed by atoms with van der Waals surface area (Å²) in [5, 5.41) is 4.33. The molecule has 4 aromatic rings. The SMILES string of the molecule is COc1c(C(=O)NC2CC(C)(C)CC(C)(C)C2)n(C)c2c1c(=O)n(CC(=O)c1ccccc1)c1ccccc21.